The molecular weight excluding hydrogens is 560 g/mol. The van der Waals surface area contributed by atoms with Crippen LogP contribution in [0.1, 0.15) is 57.1 Å². The van der Waals surface area contributed by atoms with Gasteiger partial charge in [0, 0.05) is 13.1 Å². The average Bonchev–Trinajstić information content (AvgIpc) is 3.49. The first-order valence-electron chi connectivity index (χ1n) is 14.3. The standard InChI is InChI=1S/C30H42N4O7S/c1-3-21(2)28(33-30(37)38)29(36)32-26(17-22-9-5-4-6-10-22)27(35)20-34(19-24-11-7-8-12-24)42(40,41)25-15-13-23(14-16-25)18-31-39/h4-6,9-10,13-16,18,21,24,26-28,33,35,39H,3,7-8,11-12,17,19-20H2,1-2H3,(H,32,36)(H,37,38)/t21-,26-,27-,28-/m0/s1. The summed E-state index contributed by atoms with van der Waals surface area (Å²) in [5.74, 6) is -0.753. The van der Waals surface area contributed by atoms with E-state index in [1.807, 2.05) is 37.3 Å². The lowest BCUT2D eigenvalue weighted by molar-refractivity contribution is -0.125. The van der Waals surface area contributed by atoms with E-state index in [2.05, 4.69) is 15.8 Å². The van der Waals surface area contributed by atoms with Crippen molar-refractivity contribution in [2.24, 2.45) is 17.0 Å². The lowest BCUT2D eigenvalue weighted by Gasteiger charge is -2.32. The fourth-order valence-corrected chi connectivity index (χ4v) is 6.82. The molecule has 0 spiro atoms. The number of rotatable bonds is 15. The Labute approximate surface area is 247 Å². The highest BCUT2D eigenvalue weighted by Gasteiger charge is 2.35. The van der Waals surface area contributed by atoms with E-state index in [-0.39, 0.29) is 36.2 Å². The number of hydrogen-bond donors (Lipinski definition) is 5. The van der Waals surface area contributed by atoms with Gasteiger partial charge in [-0.05, 0) is 54.4 Å². The maximum Gasteiger partial charge on any atom is 0.405 e. The largest absolute Gasteiger partial charge is 0.465 e. The molecule has 11 nitrogen and oxygen atoms in total. The SMILES string of the molecule is CC[C@H](C)[C@H](NC(=O)O)C(=O)N[C@@H](Cc1ccccc1)[C@@H](O)CN(CC1CCCC1)S(=O)(=O)c1ccc(C=NO)cc1. The Kier molecular flexibility index (Phi) is 12.3. The van der Waals surface area contributed by atoms with Crippen molar-refractivity contribution in [1.29, 1.82) is 0 Å². The van der Waals surface area contributed by atoms with Crippen LogP contribution >= 0.6 is 0 Å². The number of aliphatic hydroxyl groups excluding tert-OH is 1. The van der Waals surface area contributed by atoms with Crippen molar-refractivity contribution >= 4 is 28.2 Å². The van der Waals surface area contributed by atoms with Crippen molar-refractivity contribution in [1.82, 2.24) is 14.9 Å². The fraction of sp³-hybridized carbons (Fsp3) is 0.500. The summed E-state index contributed by atoms with van der Waals surface area (Å²) >= 11 is 0. The van der Waals surface area contributed by atoms with Crippen molar-refractivity contribution in [3.05, 3.63) is 65.7 Å². The molecule has 0 saturated heterocycles. The number of nitrogens with one attached hydrogen (secondary N) is 2. The van der Waals surface area contributed by atoms with Gasteiger partial charge in [0.2, 0.25) is 15.9 Å². The number of hydrogen-bond acceptors (Lipinski definition) is 7. The average molecular weight is 603 g/mol. The van der Waals surface area contributed by atoms with Gasteiger partial charge in [-0.2, -0.15) is 4.31 Å². The summed E-state index contributed by atoms with van der Waals surface area (Å²) in [6, 6.07) is 13.2. The molecule has 2 aromatic rings. The van der Waals surface area contributed by atoms with Gasteiger partial charge in [0.1, 0.15) is 6.04 Å². The van der Waals surface area contributed by atoms with Gasteiger partial charge in [-0.25, -0.2) is 13.2 Å². The predicted octanol–water partition coefficient (Wildman–Crippen LogP) is 3.45. The molecular formula is C30H42N4O7S. The van der Waals surface area contributed by atoms with Crippen LogP contribution in [0.3, 0.4) is 0 Å². The molecule has 0 aliphatic heterocycles. The molecule has 12 heteroatoms. The number of benzene rings is 2. The normalized spacial score (nSPS) is 17.1. The Morgan fingerprint density at radius 1 is 1.07 bits per heavy atom. The lowest BCUT2D eigenvalue weighted by Crippen LogP contribution is -2.57. The molecule has 2 aromatic carbocycles. The molecule has 0 bridgehead atoms. The van der Waals surface area contributed by atoms with Crippen molar-refractivity contribution in [2.45, 2.75) is 75.5 Å². The summed E-state index contributed by atoms with van der Waals surface area (Å²) in [7, 11) is -4.04. The smallest absolute Gasteiger partial charge is 0.405 e. The summed E-state index contributed by atoms with van der Waals surface area (Å²) in [5, 5.41) is 37.7. The van der Waals surface area contributed by atoms with Crippen LogP contribution in [0.15, 0.2) is 64.6 Å². The van der Waals surface area contributed by atoms with Crippen LogP contribution in [0.25, 0.3) is 0 Å². The minimum Gasteiger partial charge on any atom is -0.465 e. The van der Waals surface area contributed by atoms with E-state index in [9.17, 15) is 28.2 Å². The van der Waals surface area contributed by atoms with E-state index in [0.29, 0.717) is 12.0 Å². The zero-order valence-electron chi connectivity index (χ0n) is 24.1. The van der Waals surface area contributed by atoms with Gasteiger partial charge in [0.25, 0.3) is 0 Å². The third-order valence-electron chi connectivity index (χ3n) is 7.92. The second-order valence-electron chi connectivity index (χ2n) is 11.0. The highest BCUT2D eigenvalue weighted by molar-refractivity contribution is 7.89. The van der Waals surface area contributed by atoms with E-state index < -0.39 is 40.2 Å². The van der Waals surface area contributed by atoms with Crippen LogP contribution in [-0.2, 0) is 21.2 Å². The number of sulfonamides is 1. The van der Waals surface area contributed by atoms with Crippen molar-refractivity contribution < 1.29 is 33.4 Å². The molecule has 0 aromatic heterocycles. The van der Waals surface area contributed by atoms with E-state index in [4.69, 9.17) is 5.21 Å². The number of carbonyl (C=O) groups is 2. The third-order valence-corrected chi connectivity index (χ3v) is 9.76. The number of carboxylic acid groups (broad SMARTS) is 1. The molecule has 0 radical (unpaired) electrons. The molecule has 2 amide bonds. The predicted molar refractivity (Wildman–Crippen MR) is 159 cm³/mol. The van der Waals surface area contributed by atoms with E-state index in [1.54, 1.807) is 6.92 Å². The zero-order valence-corrected chi connectivity index (χ0v) is 24.9. The van der Waals surface area contributed by atoms with Crippen LogP contribution in [-0.4, -0.2) is 77.6 Å². The molecule has 1 aliphatic rings. The highest BCUT2D eigenvalue weighted by atomic mass is 32.2. The topological polar surface area (TPSA) is 169 Å². The van der Waals surface area contributed by atoms with Crippen molar-refractivity contribution in [3.8, 4) is 0 Å². The minimum absolute atomic E-state index is 0.0360. The lowest BCUT2D eigenvalue weighted by atomic mass is 9.96. The Hall–Kier alpha value is -3.48. The summed E-state index contributed by atoms with van der Waals surface area (Å²) < 4.78 is 29.0. The third kappa shape index (κ3) is 9.27. The molecule has 1 saturated carbocycles. The van der Waals surface area contributed by atoms with Gasteiger partial charge in [-0.15, -0.1) is 0 Å². The molecule has 4 atom stereocenters. The van der Waals surface area contributed by atoms with Crippen molar-refractivity contribution in [3.63, 3.8) is 0 Å². The Morgan fingerprint density at radius 3 is 2.29 bits per heavy atom. The number of oxime groups is 1. The monoisotopic (exact) mass is 602 g/mol. The van der Waals surface area contributed by atoms with E-state index in [0.717, 1.165) is 31.2 Å². The van der Waals surface area contributed by atoms with Gasteiger partial charge in [-0.1, -0.05) is 80.7 Å². The molecule has 3 rings (SSSR count). The van der Waals surface area contributed by atoms with E-state index >= 15 is 0 Å². The Bertz CT molecular complexity index is 1280. The summed E-state index contributed by atoms with van der Waals surface area (Å²) in [6.45, 7) is 3.56. The first kappa shape index (κ1) is 33.0. The van der Waals surface area contributed by atoms with E-state index in [1.165, 1.54) is 34.8 Å². The molecule has 5 N–H and O–H groups in total. The number of aliphatic hydroxyl groups is 1. The first-order chi connectivity index (χ1) is 20.0. The Morgan fingerprint density at radius 2 is 1.71 bits per heavy atom. The fourth-order valence-electron chi connectivity index (χ4n) is 5.29. The molecule has 0 heterocycles. The summed E-state index contributed by atoms with van der Waals surface area (Å²) in [5.41, 5.74) is 1.34. The van der Waals surface area contributed by atoms with Gasteiger partial charge in [-0.3, -0.25) is 4.79 Å². The van der Waals surface area contributed by atoms with Gasteiger partial charge < -0.3 is 26.1 Å². The molecule has 0 unspecified atom stereocenters. The van der Waals surface area contributed by atoms with Gasteiger partial charge >= 0.3 is 6.09 Å². The maximum absolute atomic E-state index is 13.9. The Balaban J connectivity index is 1.91. The highest BCUT2D eigenvalue weighted by Crippen LogP contribution is 2.28. The van der Waals surface area contributed by atoms with Gasteiger partial charge in [0.05, 0.1) is 23.3 Å². The van der Waals surface area contributed by atoms with Crippen molar-refractivity contribution in [2.75, 3.05) is 13.1 Å². The number of nitrogens with zero attached hydrogens (tertiary/aromatic N) is 2. The maximum atomic E-state index is 13.9. The van der Waals surface area contributed by atoms with Crippen LogP contribution in [0.4, 0.5) is 4.79 Å². The molecule has 1 aliphatic carbocycles. The first-order valence-corrected chi connectivity index (χ1v) is 15.8. The zero-order chi connectivity index (χ0) is 30.7. The molecule has 1 fully saturated rings. The van der Waals surface area contributed by atoms with Crippen LogP contribution in [0.5, 0.6) is 0 Å². The second-order valence-corrected chi connectivity index (χ2v) is 12.9. The van der Waals surface area contributed by atoms with Gasteiger partial charge in [0.15, 0.2) is 0 Å². The van der Waals surface area contributed by atoms with Crippen LogP contribution in [0.2, 0.25) is 0 Å². The summed E-state index contributed by atoms with van der Waals surface area (Å²) in [4.78, 5) is 24.8. The number of carbonyl (C=O) groups excluding carboxylic acids is 1. The van der Waals surface area contributed by atoms with Crippen LogP contribution < -0.4 is 10.6 Å². The quantitative estimate of drug-likeness (QED) is 0.118. The summed E-state index contributed by atoms with van der Waals surface area (Å²) in [6.07, 6.45) is 3.10. The minimum atomic E-state index is -4.04. The molecule has 230 valence electrons. The molecule has 42 heavy (non-hydrogen) atoms. The second kappa shape index (κ2) is 15.7. The van der Waals surface area contributed by atoms with Crippen LogP contribution in [0, 0.1) is 11.8 Å². The number of amides is 2.